The Hall–Kier alpha value is -2.15. The minimum absolute atomic E-state index is 0.113. The van der Waals surface area contributed by atoms with E-state index in [1.807, 2.05) is 19.9 Å². The fourth-order valence-corrected chi connectivity index (χ4v) is 5.28. The van der Waals surface area contributed by atoms with Gasteiger partial charge in [-0.3, -0.25) is 19.1 Å². The molecule has 0 saturated carbocycles. The summed E-state index contributed by atoms with van der Waals surface area (Å²) in [5.41, 5.74) is 1.15. The molecular formula is C22H29N5O2S2. The van der Waals surface area contributed by atoms with Crippen LogP contribution in [0.15, 0.2) is 9.70 Å². The fraction of sp³-hybridized carbons (Fsp3) is 0.545. The molecule has 3 rings (SSSR count). The van der Waals surface area contributed by atoms with Gasteiger partial charge in [-0.25, -0.2) is 0 Å². The van der Waals surface area contributed by atoms with Crippen LogP contribution in [0.25, 0.3) is 6.08 Å². The molecule has 0 aromatic carbocycles. The molecule has 1 amide bonds. The Morgan fingerprint density at radius 1 is 1.23 bits per heavy atom. The van der Waals surface area contributed by atoms with Crippen LogP contribution in [0, 0.1) is 24.2 Å². The highest BCUT2D eigenvalue weighted by atomic mass is 32.2. The number of hydrogen-bond acceptors (Lipinski definition) is 7. The maximum atomic E-state index is 13.0. The highest BCUT2D eigenvalue weighted by Crippen LogP contribution is 2.36. The zero-order valence-electron chi connectivity index (χ0n) is 18.8. The van der Waals surface area contributed by atoms with Crippen LogP contribution in [0.5, 0.6) is 0 Å². The molecule has 2 fully saturated rings. The summed E-state index contributed by atoms with van der Waals surface area (Å²) in [5.74, 6) is 0.945. The highest BCUT2D eigenvalue weighted by molar-refractivity contribution is 8.26. The van der Waals surface area contributed by atoms with Gasteiger partial charge in [0.25, 0.3) is 11.5 Å². The van der Waals surface area contributed by atoms with Crippen molar-refractivity contribution in [1.29, 1.82) is 5.26 Å². The van der Waals surface area contributed by atoms with Gasteiger partial charge in [-0.15, -0.1) is 0 Å². The van der Waals surface area contributed by atoms with E-state index < -0.39 is 0 Å². The van der Waals surface area contributed by atoms with E-state index in [2.05, 4.69) is 22.8 Å². The molecule has 2 aliphatic rings. The summed E-state index contributed by atoms with van der Waals surface area (Å²) < 4.78 is 2.10. The number of rotatable bonds is 5. The second-order valence-corrected chi connectivity index (χ2v) is 10.00. The van der Waals surface area contributed by atoms with E-state index in [0.717, 1.165) is 44.1 Å². The first-order valence-electron chi connectivity index (χ1n) is 10.6. The van der Waals surface area contributed by atoms with E-state index in [1.165, 1.54) is 11.8 Å². The molecule has 0 aliphatic carbocycles. The minimum atomic E-state index is -0.308. The Morgan fingerprint density at radius 3 is 2.42 bits per heavy atom. The van der Waals surface area contributed by atoms with Crippen LogP contribution in [0.2, 0.25) is 0 Å². The molecule has 0 atom stereocenters. The molecule has 2 saturated heterocycles. The van der Waals surface area contributed by atoms with Crippen molar-refractivity contribution in [2.75, 3.05) is 44.2 Å². The summed E-state index contributed by atoms with van der Waals surface area (Å²) in [6.07, 6.45) is 1.82. The van der Waals surface area contributed by atoms with Crippen molar-refractivity contribution in [2.45, 2.75) is 27.7 Å². The maximum Gasteiger partial charge on any atom is 0.270 e. The first kappa shape index (κ1) is 23.5. The predicted molar refractivity (Wildman–Crippen MR) is 130 cm³/mol. The Kier molecular flexibility index (Phi) is 7.24. The van der Waals surface area contributed by atoms with Gasteiger partial charge in [-0.2, -0.15) is 5.26 Å². The molecular weight excluding hydrogens is 430 g/mol. The van der Waals surface area contributed by atoms with Crippen LogP contribution in [0.4, 0.5) is 5.82 Å². The SMILES string of the molecule is CCN1CCN(c2c(/C=C3\SC(=S)N(CC(C)C)C3=O)c(C)c(C#N)c(=O)n2C)CC1. The first-order chi connectivity index (χ1) is 14.7. The number of hydrogen-bond donors (Lipinski definition) is 0. The topological polar surface area (TPSA) is 72.6 Å². The van der Waals surface area contributed by atoms with Crippen LogP contribution < -0.4 is 10.5 Å². The quantitative estimate of drug-likeness (QED) is 0.495. The molecule has 1 aromatic rings. The Balaban J connectivity index is 2.11. The van der Waals surface area contributed by atoms with Gasteiger partial charge in [0.05, 0.1) is 4.91 Å². The summed E-state index contributed by atoms with van der Waals surface area (Å²) in [5, 5.41) is 9.61. The van der Waals surface area contributed by atoms with Crippen LogP contribution in [-0.2, 0) is 11.8 Å². The lowest BCUT2D eigenvalue weighted by molar-refractivity contribution is -0.122. The van der Waals surface area contributed by atoms with Crippen molar-refractivity contribution in [2.24, 2.45) is 13.0 Å². The molecule has 0 N–H and O–H groups in total. The number of thiocarbonyl (C=S) groups is 1. The van der Waals surface area contributed by atoms with Gasteiger partial charge in [0.2, 0.25) is 0 Å². The first-order valence-corrected chi connectivity index (χ1v) is 11.8. The highest BCUT2D eigenvalue weighted by Gasteiger charge is 2.33. The van der Waals surface area contributed by atoms with Gasteiger partial charge >= 0.3 is 0 Å². The normalized spacial score (nSPS) is 19.1. The Bertz CT molecular complexity index is 1030. The molecule has 2 aliphatic heterocycles. The van der Waals surface area contributed by atoms with E-state index in [1.54, 1.807) is 23.4 Å². The van der Waals surface area contributed by atoms with Crippen molar-refractivity contribution in [3.05, 3.63) is 31.9 Å². The van der Waals surface area contributed by atoms with Crippen molar-refractivity contribution in [3.8, 4) is 6.07 Å². The van der Waals surface area contributed by atoms with Crippen LogP contribution in [-0.4, -0.2) is 63.9 Å². The molecule has 1 aromatic heterocycles. The number of amides is 1. The average Bonchev–Trinajstić information content (AvgIpc) is 3.00. The number of carbonyl (C=O) groups excluding carboxylic acids is 1. The number of nitriles is 1. The summed E-state index contributed by atoms with van der Waals surface area (Å²) in [7, 11) is 1.70. The number of nitrogens with zero attached hydrogens (tertiary/aromatic N) is 5. The van der Waals surface area contributed by atoms with E-state index in [9.17, 15) is 14.9 Å². The van der Waals surface area contributed by atoms with E-state index >= 15 is 0 Å². The van der Waals surface area contributed by atoms with Gasteiger partial charge in [0, 0.05) is 45.3 Å². The van der Waals surface area contributed by atoms with Crippen molar-refractivity contribution >= 4 is 46.1 Å². The summed E-state index contributed by atoms with van der Waals surface area (Å²) in [4.78, 5) is 32.6. The number of piperazine rings is 1. The van der Waals surface area contributed by atoms with Gasteiger partial charge in [-0.05, 0) is 31.0 Å². The van der Waals surface area contributed by atoms with Gasteiger partial charge in [0.1, 0.15) is 21.8 Å². The Labute approximate surface area is 193 Å². The zero-order valence-corrected chi connectivity index (χ0v) is 20.4. The maximum absolute atomic E-state index is 13.0. The third kappa shape index (κ3) is 4.56. The lowest BCUT2D eigenvalue weighted by atomic mass is 10.0. The number of pyridine rings is 1. The fourth-order valence-electron chi connectivity index (χ4n) is 4.02. The number of aromatic nitrogens is 1. The van der Waals surface area contributed by atoms with Gasteiger partial charge in [-0.1, -0.05) is 44.8 Å². The van der Waals surface area contributed by atoms with Crippen LogP contribution in [0.1, 0.15) is 37.5 Å². The molecule has 166 valence electrons. The van der Waals surface area contributed by atoms with E-state index in [-0.39, 0.29) is 17.0 Å². The lowest BCUT2D eigenvalue weighted by Crippen LogP contribution is -2.48. The van der Waals surface area contributed by atoms with Crippen LogP contribution >= 0.6 is 24.0 Å². The third-order valence-electron chi connectivity index (χ3n) is 5.78. The van der Waals surface area contributed by atoms with Crippen LogP contribution in [0.3, 0.4) is 0 Å². The molecule has 3 heterocycles. The second-order valence-electron chi connectivity index (χ2n) is 8.32. The summed E-state index contributed by atoms with van der Waals surface area (Å²) >= 11 is 6.73. The predicted octanol–water partition coefficient (Wildman–Crippen LogP) is 2.56. The zero-order chi connectivity index (χ0) is 22.9. The van der Waals surface area contributed by atoms with Crippen molar-refractivity contribution in [3.63, 3.8) is 0 Å². The largest absolute Gasteiger partial charge is 0.355 e. The number of thioether (sulfide) groups is 1. The molecule has 0 spiro atoms. The number of anilines is 1. The van der Waals surface area contributed by atoms with Gasteiger partial charge < -0.3 is 9.80 Å². The molecule has 0 radical (unpaired) electrons. The van der Waals surface area contributed by atoms with E-state index in [4.69, 9.17) is 12.2 Å². The molecule has 7 nitrogen and oxygen atoms in total. The monoisotopic (exact) mass is 459 g/mol. The van der Waals surface area contributed by atoms with Crippen molar-refractivity contribution < 1.29 is 4.79 Å². The number of carbonyl (C=O) groups is 1. The number of likely N-dealkylation sites (N-methyl/N-ethyl adjacent to an activating group) is 1. The molecule has 0 bridgehead atoms. The van der Waals surface area contributed by atoms with Crippen molar-refractivity contribution in [1.82, 2.24) is 14.4 Å². The molecule has 0 unspecified atom stereocenters. The average molecular weight is 460 g/mol. The lowest BCUT2D eigenvalue weighted by Gasteiger charge is -2.37. The molecule has 31 heavy (non-hydrogen) atoms. The summed E-state index contributed by atoms with van der Waals surface area (Å²) in [6, 6.07) is 2.05. The minimum Gasteiger partial charge on any atom is -0.355 e. The summed E-state index contributed by atoms with van der Waals surface area (Å²) in [6.45, 7) is 12.9. The standard InChI is InChI=1S/C22H29N5O2S2/c1-6-25-7-9-26(10-8-25)19-16(15(4)17(12-23)20(28)24(19)5)11-18-21(29)27(13-14(2)3)22(30)31-18/h11,14H,6-10,13H2,1-5H3/b18-11-. The van der Waals surface area contributed by atoms with Gasteiger partial charge in [0.15, 0.2) is 0 Å². The molecule has 9 heteroatoms. The third-order valence-corrected chi connectivity index (χ3v) is 7.16. The van der Waals surface area contributed by atoms with E-state index in [0.29, 0.717) is 27.3 Å². The second kappa shape index (κ2) is 9.55. The smallest absolute Gasteiger partial charge is 0.270 e. The Morgan fingerprint density at radius 2 is 1.87 bits per heavy atom.